The first-order chi connectivity index (χ1) is 8.42. The Balaban J connectivity index is 2.77. The van der Waals surface area contributed by atoms with Gasteiger partial charge in [0.25, 0.3) is 0 Å². The van der Waals surface area contributed by atoms with Crippen molar-refractivity contribution in [3.05, 3.63) is 29.8 Å². The molecule has 0 aliphatic rings. The van der Waals surface area contributed by atoms with Crippen molar-refractivity contribution in [2.45, 2.75) is 17.4 Å². The van der Waals surface area contributed by atoms with Crippen LogP contribution >= 0.6 is 11.8 Å². The molecule has 0 amide bonds. The van der Waals surface area contributed by atoms with Gasteiger partial charge in [0.15, 0.2) is 0 Å². The fourth-order valence-electron chi connectivity index (χ4n) is 1.27. The summed E-state index contributed by atoms with van der Waals surface area (Å²) < 4.78 is 30.8. The zero-order valence-corrected chi connectivity index (χ0v) is 11.2. The maximum absolute atomic E-state index is 13.4. The minimum Gasteiger partial charge on any atom is -0.468 e. The molecule has 1 N–H and O–H groups in total. The standard InChI is InChI=1S/C12H15F2NO2S/c1-12(15-2,11(16)17-3)7-18-10-5-4-8(13)6-9(10)14/h4-6,15H,7H2,1-3H3. The topological polar surface area (TPSA) is 38.3 Å². The van der Waals surface area contributed by atoms with Gasteiger partial charge in [-0.3, -0.25) is 4.79 Å². The van der Waals surface area contributed by atoms with Crippen LogP contribution in [0, 0.1) is 11.6 Å². The predicted molar refractivity (Wildman–Crippen MR) is 66.6 cm³/mol. The Hall–Kier alpha value is -1.14. The van der Waals surface area contributed by atoms with Crippen LogP contribution in [0.5, 0.6) is 0 Å². The molecule has 0 aromatic heterocycles. The molecule has 0 radical (unpaired) electrons. The van der Waals surface area contributed by atoms with Crippen molar-refractivity contribution in [2.24, 2.45) is 0 Å². The Labute approximate surface area is 109 Å². The average molecular weight is 275 g/mol. The molecular weight excluding hydrogens is 260 g/mol. The van der Waals surface area contributed by atoms with E-state index in [1.54, 1.807) is 14.0 Å². The summed E-state index contributed by atoms with van der Waals surface area (Å²) in [7, 11) is 2.92. The van der Waals surface area contributed by atoms with E-state index in [1.165, 1.54) is 19.2 Å². The molecular formula is C12H15F2NO2S. The number of ether oxygens (including phenoxy) is 1. The normalized spacial score (nSPS) is 14.1. The zero-order valence-electron chi connectivity index (χ0n) is 10.4. The Bertz CT molecular complexity index is 442. The molecule has 1 rings (SSSR count). The van der Waals surface area contributed by atoms with E-state index in [9.17, 15) is 13.6 Å². The van der Waals surface area contributed by atoms with Gasteiger partial charge in [-0.25, -0.2) is 8.78 Å². The lowest BCUT2D eigenvalue weighted by Crippen LogP contribution is -2.50. The van der Waals surface area contributed by atoms with E-state index in [0.29, 0.717) is 4.90 Å². The number of hydrogen-bond acceptors (Lipinski definition) is 4. The van der Waals surface area contributed by atoms with E-state index in [2.05, 4.69) is 10.1 Å². The number of thioether (sulfide) groups is 1. The zero-order chi connectivity index (χ0) is 13.8. The number of likely N-dealkylation sites (N-methyl/N-ethyl adjacent to an activating group) is 1. The monoisotopic (exact) mass is 275 g/mol. The first-order valence-corrected chi connectivity index (χ1v) is 6.26. The van der Waals surface area contributed by atoms with Gasteiger partial charge in [-0.1, -0.05) is 0 Å². The van der Waals surface area contributed by atoms with Crippen molar-refractivity contribution in [3.8, 4) is 0 Å². The molecule has 18 heavy (non-hydrogen) atoms. The summed E-state index contributed by atoms with van der Waals surface area (Å²) in [6.45, 7) is 1.66. The highest BCUT2D eigenvalue weighted by atomic mass is 32.2. The minimum absolute atomic E-state index is 0.277. The fraction of sp³-hybridized carbons (Fsp3) is 0.417. The Morgan fingerprint density at radius 3 is 2.67 bits per heavy atom. The maximum Gasteiger partial charge on any atom is 0.326 e. The van der Waals surface area contributed by atoms with Crippen molar-refractivity contribution in [3.63, 3.8) is 0 Å². The summed E-state index contributed by atoms with van der Waals surface area (Å²) >= 11 is 1.13. The van der Waals surface area contributed by atoms with E-state index in [0.717, 1.165) is 17.8 Å². The molecule has 1 aromatic carbocycles. The van der Waals surface area contributed by atoms with Crippen LogP contribution in [-0.2, 0) is 9.53 Å². The van der Waals surface area contributed by atoms with Crippen molar-refractivity contribution in [2.75, 3.05) is 19.9 Å². The average Bonchev–Trinajstić information content (AvgIpc) is 2.36. The van der Waals surface area contributed by atoms with Gasteiger partial charge in [0, 0.05) is 16.7 Å². The smallest absolute Gasteiger partial charge is 0.326 e. The van der Waals surface area contributed by atoms with E-state index in [1.807, 2.05) is 0 Å². The third-order valence-corrected chi connectivity index (χ3v) is 3.96. The predicted octanol–water partition coefficient (Wildman–Crippen LogP) is 2.21. The molecule has 1 atom stereocenters. The van der Waals surface area contributed by atoms with Gasteiger partial charge >= 0.3 is 5.97 Å². The number of hydrogen-bond donors (Lipinski definition) is 1. The van der Waals surface area contributed by atoms with Gasteiger partial charge in [0.1, 0.15) is 17.2 Å². The van der Waals surface area contributed by atoms with Gasteiger partial charge < -0.3 is 10.1 Å². The largest absolute Gasteiger partial charge is 0.468 e. The van der Waals surface area contributed by atoms with Crippen molar-refractivity contribution in [1.82, 2.24) is 5.32 Å². The second kappa shape index (κ2) is 6.15. The molecule has 0 saturated heterocycles. The van der Waals surface area contributed by atoms with Crippen LogP contribution in [0.4, 0.5) is 8.78 Å². The first-order valence-electron chi connectivity index (χ1n) is 5.28. The number of methoxy groups -OCH3 is 1. The molecule has 0 heterocycles. The van der Waals surface area contributed by atoms with Gasteiger partial charge in [-0.05, 0) is 26.1 Å². The Morgan fingerprint density at radius 1 is 1.50 bits per heavy atom. The quantitative estimate of drug-likeness (QED) is 0.660. The van der Waals surface area contributed by atoms with Gasteiger partial charge in [0.05, 0.1) is 7.11 Å². The highest BCUT2D eigenvalue weighted by Crippen LogP contribution is 2.26. The Kier molecular flexibility index (Phi) is 5.10. The Morgan fingerprint density at radius 2 is 2.17 bits per heavy atom. The lowest BCUT2D eigenvalue weighted by atomic mass is 10.1. The molecule has 0 aliphatic heterocycles. The van der Waals surface area contributed by atoms with Gasteiger partial charge in [0.2, 0.25) is 0 Å². The van der Waals surface area contributed by atoms with Crippen molar-refractivity contribution < 1.29 is 18.3 Å². The van der Waals surface area contributed by atoms with Gasteiger partial charge in [-0.15, -0.1) is 11.8 Å². The molecule has 0 spiro atoms. The molecule has 1 aromatic rings. The van der Waals surface area contributed by atoms with Crippen LogP contribution in [0.3, 0.4) is 0 Å². The number of benzene rings is 1. The second-order valence-corrected chi connectivity index (χ2v) is 4.95. The summed E-state index contributed by atoms with van der Waals surface area (Å²) in [5, 5.41) is 2.84. The van der Waals surface area contributed by atoms with Crippen LogP contribution in [0.2, 0.25) is 0 Å². The minimum atomic E-state index is -0.916. The molecule has 6 heteroatoms. The van der Waals surface area contributed by atoms with Crippen LogP contribution in [-0.4, -0.2) is 31.4 Å². The third kappa shape index (κ3) is 3.43. The fourth-order valence-corrected chi connectivity index (χ4v) is 2.34. The molecule has 100 valence electrons. The number of rotatable bonds is 5. The lowest BCUT2D eigenvalue weighted by molar-refractivity contribution is -0.146. The summed E-state index contributed by atoms with van der Waals surface area (Å²) in [4.78, 5) is 11.9. The van der Waals surface area contributed by atoms with Crippen LogP contribution in [0.25, 0.3) is 0 Å². The molecule has 0 saturated carbocycles. The molecule has 3 nitrogen and oxygen atoms in total. The number of carbonyl (C=O) groups is 1. The number of carbonyl (C=O) groups excluding carboxylic acids is 1. The summed E-state index contributed by atoms with van der Waals surface area (Å²) in [5.74, 6) is -1.41. The second-order valence-electron chi connectivity index (χ2n) is 3.94. The number of esters is 1. The lowest BCUT2D eigenvalue weighted by Gasteiger charge is -2.25. The van der Waals surface area contributed by atoms with E-state index in [4.69, 9.17) is 0 Å². The number of halogens is 2. The maximum atomic E-state index is 13.4. The molecule has 0 fully saturated rings. The third-order valence-electron chi connectivity index (χ3n) is 2.60. The van der Waals surface area contributed by atoms with E-state index < -0.39 is 23.1 Å². The summed E-state index contributed by atoms with van der Waals surface area (Å²) in [6, 6.07) is 3.35. The highest BCUT2D eigenvalue weighted by Gasteiger charge is 2.32. The summed E-state index contributed by atoms with van der Waals surface area (Å²) in [6.07, 6.45) is 0. The van der Waals surface area contributed by atoms with Crippen LogP contribution in [0.1, 0.15) is 6.92 Å². The van der Waals surface area contributed by atoms with Crippen LogP contribution < -0.4 is 5.32 Å². The first kappa shape index (κ1) is 14.9. The summed E-state index contributed by atoms with van der Waals surface area (Å²) in [5.41, 5.74) is -0.916. The SMILES string of the molecule is CNC(C)(CSc1ccc(F)cc1F)C(=O)OC. The molecule has 0 aliphatic carbocycles. The molecule has 0 bridgehead atoms. The molecule has 1 unspecified atom stereocenters. The van der Waals surface area contributed by atoms with Crippen molar-refractivity contribution in [1.29, 1.82) is 0 Å². The highest BCUT2D eigenvalue weighted by molar-refractivity contribution is 7.99. The number of nitrogens with one attached hydrogen (secondary N) is 1. The van der Waals surface area contributed by atoms with Crippen LogP contribution in [0.15, 0.2) is 23.1 Å². The van der Waals surface area contributed by atoms with E-state index in [-0.39, 0.29) is 5.75 Å². The van der Waals surface area contributed by atoms with E-state index >= 15 is 0 Å². The van der Waals surface area contributed by atoms with Gasteiger partial charge in [-0.2, -0.15) is 0 Å². The van der Waals surface area contributed by atoms with Crippen molar-refractivity contribution >= 4 is 17.7 Å².